The highest BCUT2D eigenvalue weighted by Gasteiger charge is 2.13. The summed E-state index contributed by atoms with van der Waals surface area (Å²) < 4.78 is 7.54. The van der Waals surface area contributed by atoms with E-state index in [1.165, 1.54) is 10.6 Å². The predicted molar refractivity (Wildman–Crippen MR) is 117 cm³/mol. The molecule has 5 nitrogen and oxygen atoms in total. The average Bonchev–Trinajstić information content (AvgIpc) is 2.66. The fourth-order valence-corrected chi connectivity index (χ4v) is 3.33. The van der Waals surface area contributed by atoms with Crippen molar-refractivity contribution in [1.29, 1.82) is 0 Å². The lowest BCUT2D eigenvalue weighted by atomic mass is 10.0. The third-order valence-electron chi connectivity index (χ3n) is 4.71. The lowest BCUT2D eigenvalue weighted by molar-refractivity contribution is 0.436. The molecule has 0 N–H and O–H groups in total. The summed E-state index contributed by atoms with van der Waals surface area (Å²) in [4.78, 5) is 20.9. The molecule has 1 aromatic carbocycles. The van der Waals surface area contributed by atoms with Gasteiger partial charge in [0, 0.05) is 30.6 Å². The van der Waals surface area contributed by atoms with E-state index in [9.17, 15) is 4.79 Å². The zero-order valence-electron chi connectivity index (χ0n) is 17.3. The summed E-state index contributed by atoms with van der Waals surface area (Å²) in [5.41, 5.74) is 3.30. The molecule has 3 aromatic rings. The molecule has 29 heavy (non-hydrogen) atoms. The number of aryl methyl sites for hydroxylation is 3. The summed E-state index contributed by atoms with van der Waals surface area (Å²) in [5.74, 6) is 1.20. The number of pyridine rings is 1. The predicted octanol–water partition coefficient (Wildman–Crippen LogP) is 5.58. The molecule has 0 bridgehead atoms. The second kappa shape index (κ2) is 9.23. The minimum absolute atomic E-state index is 0.0665. The van der Waals surface area contributed by atoms with Gasteiger partial charge in [0.25, 0.3) is 0 Å². The average molecular weight is 412 g/mol. The van der Waals surface area contributed by atoms with E-state index in [0.29, 0.717) is 16.7 Å². The standard InChI is InChI=1S/C23H26ClN3O2/c1-15(2)7-5-9-18-13-20(17-11-12-21(28)27(4)14-17)26-23(25-18)29-22-16(3)8-6-10-19(22)24/h6,8,10-15H,5,7,9H2,1-4H3. The van der Waals surface area contributed by atoms with Crippen molar-refractivity contribution >= 4 is 11.6 Å². The fourth-order valence-electron chi connectivity index (χ4n) is 3.07. The van der Waals surface area contributed by atoms with Crippen LogP contribution in [-0.2, 0) is 13.5 Å². The van der Waals surface area contributed by atoms with Crippen LogP contribution in [0.3, 0.4) is 0 Å². The Kier molecular flexibility index (Phi) is 6.70. The molecule has 6 heteroatoms. The first-order chi connectivity index (χ1) is 13.8. The van der Waals surface area contributed by atoms with Crippen LogP contribution in [-0.4, -0.2) is 14.5 Å². The zero-order chi connectivity index (χ0) is 21.0. The SMILES string of the molecule is Cc1cccc(Cl)c1Oc1nc(CCCC(C)C)cc(-c2ccc(=O)n(C)c2)n1. The molecule has 0 spiro atoms. The summed E-state index contributed by atoms with van der Waals surface area (Å²) >= 11 is 6.31. The molecule has 0 aliphatic carbocycles. The van der Waals surface area contributed by atoms with Crippen LogP contribution < -0.4 is 10.3 Å². The number of hydrogen-bond acceptors (Lipinski definition) is 4. The first-order valence-electron chi connectivity index (χ1n) is 9.81. The monoisotopic (exact) mass is 411 g/mol. The Hall–Kier alpha value is -2.66. The normalized spacial score (nSPS) is 11.1. The van der Waals surface area contributed by atoms with Crippen molar-refractivity contribution in [2.24, 2.45) is 13.0 Å². The smallest absolute Gasteiger partial charge is 0.322 e. The Morgan fingerprint density at radius 1 is 1.17 bits per heavy atom. The van der Waals surface area contributed by atoms with Crippen molar-refractivity contribution in [1.82, 2.24) is 14.5 Å². The molecule has 2 heterocycles. The van der Waals surface area contributed by atoms with Crippen LogP contribution in [0.5, 0.6) is 11.8 Å². The van der Waals surface area contributed by atoms with Crippen molar-refractivity contribution in [3.63, 3.8) is 0 Å². The van der Waals surface area contributed by atoms with Gasteiger partial charge in [0.15, 0.2) is 5.75 Å². The van der Waals surface area contributed by atoms with Crippen molar-refractivity contribution < 1.29 is 4.74 Å². The number of hydrogen-bond donors (Lipinski definition) is 0. The second-order valence-electron chi connectivity index (χ2n) is 7.67. The van der Waals surface area contributed by atoms with E-state index in [1.807, 2.05) is 25.1 Å². The first-order valence-corrected chi connectivity index (χ1v) is 10.2. The Bertz CT molecular complexity index is 1040. The van der Waals surface area contributed by atoms with Crippen molar-refractivity contribution in [3.05, 3.63) is 69.2 Å². The quantitative estimate of drug-likeness (QED) is 0.509. The third-order valence-corrected chi connectivity index (χ3v) is 5.01. The zero-order valence-corrected chi connectivity index (χ0v) is 18.0. The molecule has 3 rings (SSSR count). The van der Waals surface area contributed by atoms with Gasteiger partial charge in [0.05, 0.1) is 10.7 Å². The van der Waals surface area contributed by atoms with Crippen LogP contribution in [0.1, 0.15) is 37.9 Å². The number of ether oxygens (including phenoxy) is 1. The second-order valence-corrected chi connectivity index (χ2v) is 8.08. The van der Waals surface area contributed by atoms with E-state index in [-0.39, 0.29) is 11.6 Å². The number of para-hydroxylation sites is 1. The number of aromatic nitrogens is 3. The molecule has 2 aromatic heterocycles. The van der Waals surface area contributed by atoms with E-state index in [2.05, 4.69) is 23.8 Å². The molecule has 0 saturated heterocycles. The molecule has 152 valence electrons. The molecule has 0 aliphatic heterocycles. The van der Waals surface area contributed by atoms with Crippen molar-refractivity contribution in [2.75, 3.05) is 0 Å². The summed E-state index contributed by atoms with van der Waals surface area (Å²) in [5, 5.41) is 0.516. The van der Waals surface area contributed by atoms with Gasteiger partial charge in [-0.2, -0.15) is 9.97 Å². The fraction of sp³-hybridized carbons (Fsp3) is 0.348. The van der Waals surface area contributed by atoms with E-state index < -0.39 is 0 Å². The molecule has 0 aliphatic rings. The molecule has 0 saturated carbocycles. The maximum atomic E-state index is 11.7. The van der Waals surface area contributed by atoms with Gasteiger partial charge in [-0.1, -0.05) is 44.0 Å². The number of benzene rings is 1. The molecule has 0 unspecified atom stereocenters. The van der Waals surface area contributed by atoms with E-state index >= 15 is 0 Å². The number of nitrogens with zero attached hydrogens (tertiary/aromatic N) is 3. The highest BCUT2D eigenvalue weighted by molar-refractivity contribution is 6.32. The Morgan fingerprint density at radius 2 is 1.97 bits per heavy atom. The third kappa shape index (κ3) is 5.45. The molecular formula is C23H26ClN3O2. The minimum atomic E-state index is -0.0665. The van der Waals surface area contributed by atoms with Gasteiger partial charge in [-0.3, -0.25) is 4.79 Å². The topological polar surface area (TPSA) is 57.0 Å². The lowest BCUT2D eigenvalue weighted by Crippen LogP contribution is -2.14. The Labute approximate surface area is 176 Å². The van der Waals surface area contributed by atoms with Crippen molar-refractivity contribution in [3.8, 4) is 23.0 Å². The number of rotatable bonds is 7. The molecule has 0 atom stereocenters. The maximum Gasteiger partial charge on any atom is 0.322 e. The van der Waals surface area contributed by atoms with Gasteiger partial charge in [-0.15, -0.1) is 0 Å². The summed E-state index contributed by atoms with van der Waals surface area (Å²) in [6.07, 6.45) is 4.76. The van der Waals surface area contributed by atoms with Crippen LogP contribution in [0.15, 0.2) is 47.4 Å². The van der Waals surface area contributed by atoms with E-state index in [4.69, 9.17) is 16.3 Å². The molecular weight excluding hydrogens is 386 g/mol. The lowest BCUT2D eigenvalue weighted by Gasteiger charge is -2.12. The molecule has 0 radical (unpaired) electrons. The van der Waals surface area contributed by atoms with Gasteiger partial charge in [0.2, 0.25) is 5.56 Å². The first kappa shape index (κ1) is 21.1. The van der Waals surface area contributed by atoms with Gasteiger partial charge in [0.1, 0.15) is 0 Å². The van der Waals surface area contributed by atoms with Crippen molar-refractivity contribution in [2.45, 2.75) is 40.0 Å². The van der Waals surface area contributed by atoms with Gasteiger partial charge < -0.3 is 9.30 Å². The van der Waals surface area contributed by atoms with Gasteiger partial charge in [-0.25, -0.2) is 0 Å². The molecule has 0 amide bonds. The molecule has 0 fully saturated rings. The summed E-state index contributed by atoms with van der Waals surface area (Å²) in [6, 6.07) is 11.1. The van der Waals surface area contributed by atoms with Gasteiger partial charge >= 0.3 is 6.01 Å². The van der Waals surface area contributed by atoms with Gasteiger partial charge in [-0.05, 0) is 49.4 Å². The highest BCUT2D eigenvalue weighted by Crippen LogP contribution is 2.32. The maximum absolute atomic E-state index is 11.7. The summed E-state index contributed by atoms with van der Waals surface area (Å²) in [7, 11) is 1.72. The minimum Gasteiger partial charge on any atom is -0.422 e. The summed E-state index contributed by atoms with van der Waals surface area (Å²) in [6.45, 7) is 6.36. The van der Waals surface area contributed by atoms with Crippen LogP contribution in [0, 0.1) is 12.8 Å². The number of halogens is 1. The Morgan fingerprint density at radius 3 is 2.66 bits per heavy atom. The van der Waals surface area contributed by atoms with Crippen LogP contribution in [0.2, 0.25) is 5.02 Å². The van der Waals surface area contributed by atoms with E-state index in [1.54, 1.807) is 25.4 Å². The Balaban J connectivity index is 2.00. The van der Waals surface area contributed by atoms with Crippen LogP contribution >= 0.6 is 11.6 Å². The van der Waals surface area contributed by atoms with Crippen LogP contribution in [0.25, 0.3) is 11.3 Å². The highest BCUT2D eigenvalue weighted by atomic mass is 35.5. The van der Waals surface area contributed by atoms with E-state index in [0.717, 1.165) is 41.8 Å². The van der Waals surface area contributed by atoms with Crippen LogP contribution in [0.4, 0.5) is 0 Å². The largest absolute Gasteiger partial charge is 0.422 e.